The second kappa shape index (κ2) is 11.3. The van der Waals surface area contributed by atoms with Crippen molar-refractivity contribution < 1.29 is 9.13 Å². The van der Waals surface area contributed by atoms with Gasteiger partial charge in [-0.3, -0.25) is 0 Å². The number of rotatable bonds is 10. The fraction of sp³-hybridized carbons (Fsp3) is 0.517. The van der Waals surface area contributed by atoms with Crippen molar-refractivity contribution in [2.75, 3.05) is 26.7 Å². The summed E-state index contributed by atoms with van der Waals surface area (Å²) < 4.78 is 19.3. The highest BCUT2D eigenvalue weighted by Gasteiger charge is 2.42. The van der Waals surface area contributed by atoms with Crippen LogP contribution in [0.4, 0.5) is 4.39 Å². The number of hydrogen-bond acceptors (Lipinski definition) is 4. The van der Waals surface area contributed by atoms with Crippen molar-refractivity contribution >= 4 is 0 Å². The molecule has 1 aliphatic heterocycles. The Balaban J connectivity index is 1.46. The number of hydrogen-bond donors (Lipinski definition) is 1. The van der Waals surface area contributed by atoms with E-state index >= 15 is 0 Å². The van der Waals surface area contributed by atoms with Gasteiger partial charge in [0.1, 0.15) is 11.6 Å². The third kappa shape index (κ3) is 6.32. The number of likely N-dealkylation sites (tertiary alicyclic amines) is 1. The predicted molar refractivity (Wildman–Crippen MR) is 137 cm³/mol. The van der Waals surface area contributed by atoms with Gasteiger partial charge in [-0.1, -0.05) is 51.1 Å². The molecule has 2 aliphatic rings. The van der Waals surface area contributed by atoms with Crippen LogP contribution in [-0.4, -0.2) is 42.6 Å². The van der Waals surface area contributed by atoms with Crippen molar-refractivity contribution in [2.45, 2.75) is 52.2 Å². The maximum absolute atomic E-state index is 13.5. The second-order valence-corrected chi connectivity index (χ2v) is 10.6. The molecule has 1 unspecified atom stereocenters. The largest absolute Gasteiger partial charge is 0.493 e. The lowest BCUT2D eigenvalue weighted by Gasteiger charge is -2.52. The molecular weight excluding hydrogens is 425 g/mol. The average molecular weight is 466 g/mol. The lowest BCUT2D eigenvalue weighted by atomic mass is 9.72. The molecule has 0 aromatic heterocycles. The van der Waals surface area contributed by atoms with Crippen LogP contribution in [0.25, 0.3) is 0 Å². The molecule has 2 fully saturated rings. The summed E-state index contributed by atoms with van der Waals surface area (Å²) in [7, 11) is 2.24. The molecule has 5 heteroatoms. The number of nitrogens with one attached hydrogen (secondary N) is 1. The summed E-state index contributed by atoms with van der Waals surface area (Å²) in [6, 6.07) is 15.7. The molecule has 1 saturated heterocycles. The van der Waals surface area contributed by atoms with Gasteiger partial charge in [0.05, 0.1) is 12.4 Å². The Morgan fingerprint density at radius 1 is 1.06 bits per heavy atom. The number of benzene rings is 2. The molecule has 2 aromatic carbocycles. The van der Waals surface area contributed by atoms with Crippen LogP contribution < -0.4 is 10.1 Å². The van der Waals surface area contributed by atoms with E-state index in [1.165, 1.54) is 24.8 Å². The zero-order chi connectivity index (χ0) is 24.1. The number of ether oxygens (including phenoxy) is 1. The van der Waals surface area contributed by atoms with Crippen LogP contribution in [-0.2, 0) is 13.1 Å². The SMILES string of the molecule is C=C(NCc1ccc(OCC(C)C)cc1)N(Cc1ccc(F)cc1)C1[C@@H]2CCC[C@H]1CN(C)C2. The van der Waals surface area contributed by atoms with E-state index in [9.17, 15) is 4.39 Å². The van der Waals surface area contributed by atoms with Crippen molar-refractivity contribution in [3.63, 3.8) is 0 Å². The molecule has 4 rings (SSSR count). The van der Waals surface area contributed by atoms with Crippen LogP contribution in [0.15, 0.2) is 60.9 Å². The Labute approximate surface area is 204 Å². The highest BCUT2D eigenvalue weighted by Crippen LogP contribution is 2.39. The predicted octanol–water partition coefficient (Wildman–Crippen LogP) is 5.65. The Kier molecular flexibility index (Phi) is 8.15. The van der Waals surface area contributed by atoms with Crippen LogP contribution in [0.2, 0.25) is 0 Å². The van der Waals surface area contributed by atoms with Crippen molar-refractivity contribution in [1.82, 2.24) is 15.1 Å². The number of nitrogens with zero attached hydrogens (tertiary/aromatic N) is 2. The summed E-state index contributed by atoms with van der Waals surface area (Å²) in [5, 5.41) is 3.60. The van der Waals surface area contributed by atoms with Gasteiger partial charge in [-0.05, 0) is 73.0 Å². The minimum atomic E-state index is -0.191. The molecule has 1 N–H and O–H groups in total. The van der Waals surface area contributed by atoms with Crippen LogP contribution in [0.1, 0.15) is 44.2 Å². The van der Waals surface area contributed by atoms with E-state index in [0.717, 1.165) is 43.4 Å². The summed E-state index contributed by atoms with van der Waals surface area (Å²) in [6.07, 6.45) is 3.84. The standard InChI is InChI=1S/C29H40FN3O/c1-21(2)20-34-28-14-10-23(11-15-28)16-31-22(3)33(17-24-8-12-27(30)13-9-24)29-25-6-5-7-26(29)19-32(4)18-25/h8-15,21,25-26,29,31H,3,5-7,16-20H2,1-2,4H3/t25-,26+,29?. The van der Waals surface area contributed by atoms with Gasteiger partial charge in [-0.2, -0.15) is 0 Å². The van der Waals surface area contributed by atoms with E-state index in [1.807, 2.05) is 24.3 Å². The molecule has 2 aromatic rings. The van der Waals surface area contributed by atoms with Gasteiger partial charge in [-0.25, -0.2) is 4.39 Å². The number of halogens is 1. The fourth-order valence-corrected chi connectivity index (χ4v) is 5.59. The Bertz CT molecular complexity index is 913. The minimum Gasteiger partial charge on any atom is -0.493 e. The number of piperidine rings is 1. The van der Waals surface area contributed by atoms with E-state index < -0.39 is 0 Å². The number of fused-ring (bicyclic) bond motifs is 2. The first-order valence-corrected chi connectivity index (χ1v) is 12.7. The highest BCUT2D eigenvalue weighted by atomic mass is 19.1. The van der Waals surface area contributed by atoms with Crippen LogP contribution in [0, 0.1) is 23.6 Å². The molecule has 0 radical (unpaired) electrons. The minimum absolute atomic E-state index is 0.191. The molecule has 0 spiro atoms. The Morgan fingerprint density at radius 3 is 2.29 bits per heavy atom. The van der Waals surface area contributed by atoms with Gasteiger partial charge < -0.3 is 19.9 Å². The van der Waals surface area contributed by atoms with E-state index in [1.54, 1.807) is 12.1 Å². The molecule has 3 atom stereocenters. The first-order chi connectivity index (χ1) is 16.4. The first kappa shape index (κ1) is 24.6. The summed E-state index contributed by atoms with van der Waals surface area (Å²) in [4.78, 5) is 4.95. The Morgan fingerprint density at radius 2 is 1.68 bits per heavy atom. The van der Waals surface area contributed by atoms with Crippen LogP contribution in [0.3, 0.4) is 0 Å². The topological polar surface area (TPSA) is 27.7 Å². The summed E-state index contributed by atoms with van der Waals surface area (Å²) in [5.41, 5.74) is 2.32. The third-order valence-corrected chi connectivity index (χ3v) is 7.18. The Hall–Kier alpha value is -2.53. The molecule has 1 aliphatic carbocycles. The quantitative estimate of drug-likeness (QED) is 0.490. The van der Waals surface area contributed by atoms with Crippen molar-refractivity contribution in [3.05, 3.63) is 77.9 Å². The van der Waals surface area contributed by atoms with E-state index in [-0.39, 0.29) is 5.82 Å². The normalized spacial score (nSPS) is 22.4. The second-order valence-electron chi connectivity index (χ2n) is 10.6. The fourth-order valence-electron chi connectivity index (χ4n) is 5.59. The summed E-state index contributed by atoms with van der Waals surface area (Å²) >= 11 is 0. The van der Waals surface area contributed by atoms with Crippen LogP contribution in [0.5, 0.6) is 5.75 Å². The van der Waals surface area contributed by atoms with Crippen molar-refractivity contribution in [3.8, 4) is 5.75 Å². The summed E-state index contributed by atoms with van der Waals surface area (Å²) in [5.74, 6) is 3.45. The maximum atomic E-state index is 13.5. The molecule has 184 valence electrons. The molecule has 0 amide bonds. The highest BCUT2D eigenvalue weighted by molar-refractivity contribution is 5.27. The van der Waals surface area contributed by atoms with E-state index in [0.29, 0.717) is 30.3 Å². The molecule has 1 saturated carbocycles. The lowest BCUT2D eigenvalue weighted by Crippen LogP contribution is -2.57. The average Bonchev–Trinajstić information content (AvgIpc) is 2.81. The lowest BCUT2D eigenvalue weighted by molar-refractivity contribution is -0.00184. The van der Waals surface area contributed by atoms with Gasteiger partial charge in [-0.15, -0.1) is 0 Å². The molecule has 34 heavy (non-hydrogen) atoms. The van der Waals surface area contributed by atoms with Gasteiger partial charge in [0.25, 0.3) is 0 Å². The molecule has 4 nitrogen and oxygen atoms in total. The van der Waals surface area contributed by atoms with Crippen LogP contribution >= 0.6 is 0 Å². The zero-order valence-electron chi connectivity index (χ0n) is 21.0. The monoisotopic (exact) mass is 465 g/mol. The first-order valence-electron chi connectivity index (χ1n) is 12.7. The van der Waals surface area contributed by atoms with Gasteiger partial charge in [0.2, 0.25) is 0 Å². The molecule has 1 heterocycles. The third-order valence-electron chi connectivity index (χ3n) is 7.18. The maximum Gasteiger partial charge on any atom is 0.123 e. The van der Waals surface area contributed by atoms with E-state index in [4.69, 9.17) is 4.74 Å². The molecular formula is C29H40FN3O. The smallest absolute Gasteiger partial charge is 0.123 e. The van der Waals surface area contributed by atoms with Crippen molar-refractivity contribution in [1.29, 1.82) is 0 Å². The summed E-state index contributed by atoms with van der Waals surface area (Å²) in [6.45, 7) is 13.2. The van der Waals surface area contributed by atoms with E-state index in [2.05, 4.69) is 54.7 Å². The zero-order valence-corrected chi connectivity index (χ0v) is 21.0. The van der Waals surface area contributed by atoms with Gasteiger partial charge in [0.15, 0.2) is 0 Å². The van der Waals surface area contributed by atoms with Gasteiger partial charge in [0, 0.05) is 32.2 Å². The van der Waals surface area contributed by atoms with Gasteiger partial charge >= 0.3 is 0 Å². The molecule has 2 bridgehead atoms. The van der Waals surface area contributed by atoms with Crippen molar-refractivity contribution in [2.24, 2.45) is 17.8 Å².